The molecule has 0 unspecified atom stereocenters. The van der Waals surface area contributed by atoms with Crippen molar-refractivity contribution in [2.24, 2.45) is 0 Å². The highest BCUT2D eigenvalue weighted by Crippen LogP contribution is 2.28. The van der Waals surface area contributed by atoms with Crippen molar-refractivity contribution in [2.45, 2.75) is 6.18 Å². The van der Waals surface area contributed by atoms with Crippen molar-refractivity contribution in [2.75, 3.05) is 24.5 Å². The van der Waals surface area contributed by atoms with Crippen LogP contribution in [0.4, 0.5) is 19.0 Å². The van der Waals surface area contributed by atoms with Gasteiger partial charge in [0.15, 0.2) is 5.82 Å². The number of nitrogens with zero attached hydrogens (tertiary/aromatic N) is 2. The number of nitrogens with one attached hydrogen (secondary N) is 2. The summed E-state index contributed by atoms with van der Waals surface area (Å²) in [4.78, 5) is 7.23. The van der Waals surface area contributed by atoms with Crippen LogP contribution in [0.3, 0.4) is 0 Å². The average Bonchev–Trinajstić information content (AvgIpc) is 2.37. The van der Waals surface area contributed by atoms with Gasteiger partial charge in [0.05, 0.1) is 6.61 Å². The highest BCUT2D eigenvalue weighted by Gasteiger charge is 2.30. The van der Waals surface area contributed by atoms with Crippen molar-refractivity contribution in [3.8, 4) is 5.88 Å². The second kappa shape index (κ2) is 7.20. The molecule has 0 aliphatic heterocycles. The Morgan fingerprint density at radius 1 is 1.38 bits per heavy atom. The SMILES string of the molecule is O=S(=O)(NCC(F)(F)F)Nc1ncnc(OCCO)c1Br. The van der Waals surface area contributed by atoms with E-state index in [0.717, 1.165) is 6.33 Å². The van der Waals surface area contributed by atoms with Crippen molar-refractivity contribution >= 4 is 32.0 Å². The Morgan fingerprint density at radius 3 is 2.62 bits per heavy atom. The first-order valence-electron chi connectivity index (χ1n) is 5.23. The van der Waals surface area contributed by atoms with Gasteiger partial charge < -0.3 is 9.84 Å². The molecule has 3 N–H and O–H groups in total. The Morgan fingerprint density at radius 2 is 2.05 bits per heavy atom. The molecule has 0 aliphatic carbocycles. The molecule has 0 aliphatic rings. The fraction of sp³-hybridized carbons (Fsp3) is 0.500. The molecule has 21 heavy (non-hydrogen) atoms. The van der Waals surface area contributed by atoms with E-state index in [2.05, 4.69) is 25.9 Å². The predicted octanol–water partition coefficient (Wildman–Crippen LogP) is 0.419. The first kappa shape index (κ1) is 17.9. The summed E-state index contributed by atoms with van der Waals surface area (Å²) >= 11 is 2.95. The molecule has 0 saturated carbocycles. The standard InChI is InChI=1S/C8H10BrF3N4O4S/c9-5-6(13-4-14-7(5)20-2-1-17)16-21(18,19)15-3-8(10,11)12/h4,15,17H,1-3H2,(H,13,14,16). The molecule has 1 rings (SSSR count). The van der Waals surface area contributed by atoms with Crippen LogP contribution in [0.25, 0.3) is 0 Å². The molecule has 0 atom stereocenters. The van der Waals surface area contributed by atoms with Gasteiger partial charge in [0, 0.05) is 0 Å². The molecule has 0 aromatic carbocycles. The number of ether oxygens (including phenoxy) is 1. The minimum Gasteiger partial charge on any atom is -0.474 e. The quantitative estimate of drug-likeness (QED) is 0.617. The molecule has 0 bridgehead atoms. The minimum atomic E-state index is -4.69. The zero-order chi connectivity index (χ0) is 16.1. The summed E-state index contributed by atoms with van der Waals surface area (Å²) in [5, 5.41) is 8.61. The Balaban J connectivity index is 2.82. The van der Waals surface area contributed by atoms with E-state index >= 15 is 0 Å². The van der Waals surface area contributed by atoms with Crippen molar-refractivity contribution in [1.82, 2.24) is 14.7 Å². The summed E-state index contributed by atoms with van der Waals surface area (Å²) in [5.41, 5.74) is 0. The Hall–Kier alpha value is -1.18. The van der Waals surface area contributed by atoms with E-state index in [4.69, 9.17) is 9.84 Å². The molecule has 120 valence electrons. The molecule has 0 spiro atoms. The van der Waals surface area contributed by atoms with Crippen molar-refractivity contribution in [3.05, 3.63) is 10.8 Å². The molecule has 8 nitrogen and oxygen atoms in total. The molecule has 0 fully saturated rings. The predicted molar refractivity (Wildman–Crippen MR) is 68.9 cm³/mol. The fourth-order valence-corrected chi connectivity index (χ4v) is 2.39. The molecular weight excluding hydrogens is 385 g/mol. The number of alkyl halides is 3. The smallest absolute Gasteiger partial charge is 0.402 e. The summed E-state index contributed by atoms with van der Waals surface area (Å²) in [6, 6.07) is 0. The lowest BCUT2D eigenvalue weighted by Gasteiger charge is -2.12. The Labute approximate surface area is 126 Å². The van der Waals surface area contributed by atoms with Crippen LogP contribution in [0, 0.1) is 0 Å². The number of aromatic nitrogens is 2. The summed E-state index contributed by atoms with van der Waals surface area (Å²) in [7, 11) is -4.47. The van der Waals surface area contributed by atoms with Gasteiger partial charge in [-0.3, -0.25) is 4.72 Å². The molecule has 1 aromatic heterocycles. The summed E-state index contributed by atoms with van der Waals surface area (Å²) in [6.45, 7) is -2.13. The average molecular weight is 395 g/mol. The van der Waals surface area contributed by atoms with Crippen molar-refractivity contribution in [3.63, 3.8) is 0 Å². The normalized spacial score (nSPS) is 12.2. The zero-order valence-electron chi connectivity index (χ0n) is 10.2. The van der Waals surface area contributed by atoms with Gasteiger partial charge in [0.25, 0.3) is 0 Å². The Bertz CT molecular complexity index is 583. The number of aliphatic hydroxyl groups excluding tert-OH is 1. The van der Waals surface area contributed by atoms with Crippen LogP contribution >= 0.6 is 15.9 Å². The highest BCUT2D eigenvalue weighted by atomic mass is 79.9. The summed E-state index contributed by atoms with van der Waals surface area (Å²) < 4.78 is 66.9. The van der Waals surface area contributed by atoms with E-state index in [1.165, 1.54) is 4.72 Å². The van der Waals surface area contributed by atoms with Crippen LogP contribution in [-0.4, -0.2) is 49.4 Å². The lowest BCUT2D eigenvalue weighted by molar-refractivity contribution is -0.121. The second-order valence-corrected chi connectivity index (χ2v) is 5.75. The maximum absolute atomic E-state index is 12.0. The number of halogens is 4. The first-order chi connectivity index (χ1) is 9.64. The van der Waals surface area contributed by atoms with Crippen LogP contribution in [0.2, 0.25) is 0 Å². The van der Waals surface area contributed by atoms with Crippen molar-refractivity contribution in [1.29, 1.82) is 0 Å². The van der Waals surface area contributed by atoms with Gasteiger partial charge in [-0.05, 0) is 15.9 Å². The maximum atomic E-state index is 12.0. The number of aliphatic hydroxyl groups is 1. The summed E-state index contributed by atoms with van der Waals surface area (Å²) in [6.07, 6.45) is -3.74. The zero-order valence-corrected chi connectivity index (χ0v) is 12.6. The van der Waals surface area contributed by atoms with Crippen molar-refractivity contribution < 1.29 is 31.4 Å². The minimum absolute atomic E-state index is 0.0177. The third-order valence-corrected chi connectivity index (χ3v) is 3.48. The number of anilines is 1. The van der Waals surface area contributed by atoms with Gasteiger partial charge in [0.2, 0.25) is 5.88 Å². The topological polar surface area (TPSA) is 113 Å². The van der Waals surface area contributed by atoms with Gasteiger partial charge in [0.1, 0.15) is 24.0 Å². The molecule has 0 amide bonds. The monoisotopic (exact) mass is 394 g/mol. The lowest BCUT2D eigenvalue weighted by Crippen LogP contribution is -2.37. The van der Waals surface area contributed by atoms with E-state index in [0.29, 0.717) is 0 Å². The first-order valence-corrected chi connectivity index (χ1v) is 7.50. The molecule has 1 aromatic rings. The van der Waals surface area contributed by atoms with Crippen LogP contribution < -0.4 is 14.2 Å². The number of rotatable bonds is 7. The van der Waals surface area contributed by atoms with Gasteiger partial charge >= 0.3 is 16.4 Å². The van der Waals surface area contributed by atoms with Crippen LogP contribution in [-0.2, 0) is 10.2 Å². The van der Waals surface area contributed by atoms with E-state index in [1.807, 2.05) is 0 Å². The largest absolute Gasteiger partial charge is 0.474 e. The number of hydrogen-bond acceptors (Lipinski definition) is 6. The van der Waals surface area contributed by atoms with E-state index in [1.54, 1.807) is 4.72 Å². The molecule has 0 saturated heterocycles. The van der Waals surface area contributed by atoms with Gasteiger partial charge in [-0.25, -0.2) is 9.97 Å². The molecular formula is C8H10BrF3N4O4S. The highest BCUT2D eigenvalue weighted by molar-refractivity contribution is 9.10. The maximum Gasteiger partial charge on any atom is 0.402 e. The fourth-order valence-electron chi connectivity index (χ4n) is 1.01. The van der Waals surface area contributed by atoms with Crippen LogP contribution in [0.1, 0.15) is 0 Å². The molecule has 13 heteroatoms. The second-order valence-electron chi connectivity index (χ2n) is 3.46. The summed E-state index contributed by atoms with van der Waals surface area (Å²) in [5.74, 6) is -0.389. The van der Waals surface area contributed by atoms with Gasteiger partial charge in [-0.15, -0.1) is 0 Å². The van der Waals surface area contributed by atoms with E-state index < -0.39 is 22.9 Å². The molecule has 0 radical (unpaired) electrons. The van der Waals surface area contributed by atoms with E-state index in [9.17, 15) is 21.6 Å². The number of hydrogen-bond donors (Lipinski definition) is 3. The Kier molecular flexibility index (Phi) is 6.12. The van der Waals surface area contributed by atoms with Gasteiger partial charge in [-0.1, -0.05) is 0 Å². The third-order valence-electron chi connectivity index (χ3n) is 1.78. The van der Waals surface area contributed by atoms with Crippen LogP contribution in [0.5, 0.6) is 5.88 Å². The lowest BCUT2D eigenvalue weighted by atomic mass is 10.6. The van der Waals surface area contributed by atoms with E-state index in [-0.39, 0.29) is 29.4 Å². The van der Waals surface area contributed by atoms with Gasteiger partial charge in [-0.2, -0.15) is 26.3 Å². The van der Waals surface area contributed by atoms with Crippen LogP contribution in [0.15, 0.2) is 10.8 Å². The molecule has 1 heterocycles. The third kappa shape index (κ3) is 6.41.